The summed E-state index contributed by atoms with van der Waals surface area (Å²) in [6, 6.07) is 12.7. The predicted molar refractivity (Wildman–Crippen MR) is 117 cm³/mol. The van der Waals surface area contributed by atoms with Gasteiger partial charge in [-0.25, -0.2) is 0 Å². The average molecular weight is 427 g/mol. The fourth-order valence-corrected chi connectivity index (χ4v) is 3.44. The van der Waals surface area contributed by atoms with Crippen molar-refractivity contribution in [1.29, 1.82) is 0 Å². The molecule has 0 radical (unpaired) electrons. The van der Waals surface area contributed by atoms with Gasteiger partial charge in [0.2, 0.25) is 18.6 Å². The molecule has 0 aromatic heterocycles. The molecule has 2 aromatic rings. The summed E-state index contributed by atoms with van der Waals surface area (Å²) in [6.07, 6.45) is 1.68. The van der Waals surface area contributed by atoms with Crippen LogP contribution in [0, 0.1) is 0 Å². The molecule has 7 nitrogen and oxygen atoms in total. The Hall–Kier alpha value is -3.22. The normalized spacial score (nSPS) is 12.9. The van der Waals surface area contributed by atoms with Gasteiger partial charge in [0, 0.05) is 19.5 Å². The molecule has 2 aromatic carbocycles. The SMILES string of the molecule is CCCNC(=O)C(C)N(Cc1cccc(OC)c1)C(=O)CCc1ccc2c(c1)OCO2. The summed E-state index contributed by atoms with van der Waals surface area (Å²) in [5.74, 6) is 1.90. The lowest BCUT2D eigenvalue weighted by Crippen LogP contribution is -2.47. The Morgan fingerprint density at radius 3 is 2.71 bits per heavy atom. The molecule has 1 heterocycles. The van der Waals surface area contributed by atoms with Gasteiger partial charge >= 0.3 is 0 Å². The number of fused-ring (bicyclic) bond motifs is 1. The third-order valence-corrected chi connectivity index (χ3v) is 5.27. The molecule has 1 atom stereocenters. The molecule has 1 N–H and O–H groups in total. The molecule has 1 aliphatic rings. The molecular formula is C24H30N2O5. The summed E-state index contributed by atoms with van der Waals surface area (Å²) >= 11 is 0. The standard InChI is InChI=1S/C24H30N2O5/c1-4-12-25-24(28)17(2)26(15-19-6-5-7-20(13-19)29-3)23(27)11-9-18-8-10-21-22(14-18)31-16-30-21/h5-8,10,13-14,17H,4,9,11-12,15-16H2,1-3H3,(H,25,28). The summed E-state index contributed by atoms with van der Waals surface area (Å²) in [5.41, 5.74) is 1.90. The highest BCUT2D eigenvalue weighted by atomic mass is 16.7. The zero-order chi connectivity index (χ0) is 22.2. The molecular weight excluding hydrogens is 396 g/mol. The molecule has 3 rings (SSSR count). The first-order valence-electron chi connectivity index (χ1n) is 10.6. The lowest BCUT2D eigenvalue weighted by molar-refractivity contribution is -0.140. The second kappa shape index (κ2) is 10.7. The maximum absolute atomic E-state index is 13.2. The van der Waals surface area contributed by atoms with Gasteiger partial charge < -0.3 is 24.4 Å². The molecule has 31 heavy (non-hydrogen) atoms. The van der Waals surface area contributed by atoms with Gasteiger partial charge in [-0.05, 0) is 55.2 Å². The van der Waals surface area contributed by atoms with E-state index in [1.807, 2.05) is 49.4 Å². The van der Waals surface area contributed by atoms with Crippen LogP contribution in [0.5, 0.6) is 17.2 Å². The molecule has 0 fully saturated rings. The Labute approximate surface area is 183 Å². The molecule has 1 unspecified atom stereocenters. The van der Waals surface area contributed by atoms with Crippen LogP contribution in [0.3, 0.4) is 0 Å². The van der Waals surface area contributed by atoms with Crippen LogP contribution in [0.4, 0.5) is 0 Å². The molecule has 0 saturated heterocycles. The van der Waals surface area contributed by atoms with Gasteiger partial charge in [-0.3, -0.25) is 9.59 Å². The Morgan fingerprint density at radius 1 is 1.13 bits per heavy atom. The van der Waals surface area contributed by atoms with Crippen molar-refractivity contribution in [3.8, 4) is 17.2 Å². The third-order valence-electron chi connectivity index (χ3n) is 5.27. The second-order valence-electron chi connectivity index (χ2n) is 7.53. The van der Waals surface area contributed by atoms with Gasteiger partial charge in [-0.2, -0.15) is 0 Å². The molecule has 1 aliphatic heterocycles. The Bertz CT molecular complexity index is 915. The van der Waals surface area contributed by atoms with E-state index < -0.39 is 6.04 Å². The molecule has 0 spiro atoms. The molecule has 0 aliphatic carbocycles. The fourth-order valence-electron chi connectivity index (χ4n) is 3.44. The van der Waals surface area contributed by atoms with Gasteiger partial charge in [-0.15, -0.1) is 0 Å². The predicted octanol–water partition coefficient (Wildman–Crippen LogP) is 3.30. The van der Waals surface area contributed by atoms with Crippen molar-refractivity contribution in [3.05, 3.63) is 53.6 Å². The molecule has 0 bridgehead atoms. The van der Waals surface area contributed by atoms with E-state index in [9.17, 15) is 9.59 Å². The van der Waals surface area contributed by atoms with Crippen LogP contribution < -0.4 is 19.5 Å². The van der Waals surface area contributed by atoms with E-state index in [4.69, 9.17) is 14.2 Å². The van der Waals surface area contributed by atoms with E-state index in [-0.39, 0.29) is 25.0 Å². The summed E-state index contributed by atoms with van der Waals surface area (Å²) in [4.78, 5) is 27.4. The van der Waals surface area contributed by atoms with E-state index in [0.717, 1.165) is 23.3 Å². The average Bonchev–Trinajstić information content (AvgIpc) is 3.27. The lowest BCUT2D eigenvalue weighted by atomic mass is 10.1. The van der Waals surface area contributed by atoms with Crippen LogP contribution in [-0.2, 0) is 22.6 Å². The minimum atomic E-state index is -0.581. The van der Waals surface area contributed by atoms with Gasteiger partial charge in [-0.1, -0.05) is 25.1 Å². The van der Waals surface area contributed by atoms with Crippen LogP contribution in [0.1, 0.15) is 37.8 Å². The van der Waals surface area contributed by atoms with E-state index in [2.05, 4.69) is 5.32 Å². The maximum atomic E-state index is 13.2. The Kier molecular flexibility index (Phi) is 7.76. The summed E-state index contributed by atoms with van der Waals surface area (Å²) < 4.78 is 16.1. The van der Waals surface area contributed by atoms with E-state index in [1.165, 1.54) is 0 Å². The van der Waals surface area contributed by atoms with Gasteiger partial charge in [0.25, 0.3) is 0 Å². The number of hydrogen-bond donors (Lipinski definition) is 1. The van der Waals surface area contributed by atoms with Crippen molar-refractivity contribution in [1.82, 2.24) is 10.2 Å². The Balaban J connectivity index is 1.72. The monoisotopic (exact) mass is 426 g/mol. The second-order valence-corrected chi connectivity index (χ2v) is 7.53. The number of amides is 2. The smallest absolute Gasteiger partial charge is 0.242 e. The number of nitrogens with one attached hydrogen (secondary N) is 1. The zero-order valence-corrected chi connectivity index (χ0v) is 18.3. The maximum Gasteiger partial charge on any atom is 0.242 e. The molecule has 0 saturated carbocycles. The fraction of sp³-hybridized carbons (Fsp3) is 0.417. The number of carbonyl (C=O) groups is 2. The van der Waals surface area contributed by atoms with Crippen LogP contribution >= 0.6 is 0 Å². The summed E-state index contributed by atoms with van der Waals surface area (Å²) in [6.45, 7) is 4.90. The van der Waals surface area contributed by atoms with Crippen molar-refractivity contribution < 1.29 is 23.8 Å². The minimum Gasteiger partial charge on any atom is -0.497 e. The Morgan fingerprint density at radius 2 is 1.94 bits per heavy atom. The van der Waals surface area contributed by atoms with Crippen molar-refractivity contribution >= 4 is 11.8 Å². The minimum absolute atomic E-state index is 0.0837. The first kappa shape index (κ1) is 22.5. The van der Waals surface area contributed by atoms with Gasteiger partial charge in [0.1, 0.15) is 11.8 Å². The van der Waals surface area contributed by atoms with Gasteiger partial charge in [0.05, 0.1) is 7.11 Å². The number of carbonyl (C=O) groups excluding carboxylic acids is 2. The van der Waals surface area contributed by atoms with Crippen LogP contribution in [0.15, 0.2) is 42.5 Å². The van der Waals surface area contributed by atoms with E-state index in [0.29, 0.717) is 31.0 Å². The zero-order valence-electron chi connectivity index (χ0n) is 18.3. The lowest BCUT2D eigenvalue weighted by Gasteiger charge is -2.29. The van der Waals surface area contributed by atoms with Crippen molar-refractivity contribution in [2.75, 3.05) is 20.4 Å². The largest absolute Gasteiger partial charge is 0.497 e. The highest BCUT2D eigenvalue weighted by Gasteiger charge is 2.26. The molecule has 7 heteroatoms. The number of benzene rings is 2. The molecule has 2 amide bonds. The quantitative estimate of drug-likeness (QED) is 0.631. The number of nitrogens with zero attached hydrogens (tertiary/aromatic N) is 1. The van der Waals surface area contributed by atoms with E-state index in [1.54, 1.807) is 18.9 Å². The molecule has 166 valence electrons. The summed E-state index contributed by atoms with van der Waals surface area (Å²) in [5, 5.41) is 2.89. The van der Waals surface area contributed by atoms with E-state index >= 15 is 0 Å². The number of rotatable bonds is 10. The number of hydrogen-bond acceptors (Lipinski definition) is 5. The third kappa shape index (κ3) is 5.90. The number of aryl methyl sites for hydroxylation is 1. The number of ether oxygens (including phenoxy) is 3. The number of methoxy groups -OCH3 is 1. The highest BCUT2D eigenvalue weighted by molar-refractivity contribution is 5.87. The van der Waals surface area contributed by atoms with Crippen LogP contribution in [0.25, 0.3) is 0 Å². The highest BCUT2D eigenvalue weighted by Crippen LogP contribution is 2.32. The van der Waals surface area contributed by atoms with Gasteiger partial charge in [0.15, 0.2) is 11.5 Å². The summed E-state index contributed by atoms with van der Waals surface area (Å²) in [7, 11) is 1.61. The first-order chi connectivity index (χ1) is 15.0. The topological polar surface area (TPSA) is 77.1 Å². The van der Waals surface area contributed by atoms with Crippen molar-refractivity contribution in [2.45, 2.75) is 45.7 Å². The first-order valence-corrected chi connectivity index (χ1v) is 10.6. The van der Waals surface area contributed by atoms with Crippen molar-refractivity contribution in [2.24, 2.45) is 0 Å². The van der Waals surface area contributed by atoms with Crippen LogP contribution in [-0.4, -0.2) is 43.2 Å². The van der Waals surface area contributed by atoms with Crippen molar-refractivity contribution in [3.63, 3.8) is 0 Å². The van der Waals surface area contributed by atoms with Crippen LogP contribution in [0.2, 0.25) is 0 Å².